The van der Waals surface area contributed by atoms with Gasteiger partial charge in [0.25, 0.3) is 5.91 Å². The van der Waals surface area contributed by atoms with Crippen LogP contribution in [0.1, 0.15) is 21.6 Å². The molecule has 144 valence electrons. The summed E-state index contributed by atoms with van der Waals surface area (Å²) >= 11 is 1.64. The van der Waals surface area contributed by atoms with Gasteiger partial charge in [-0.05, 0) is 47.0 Å². The summed E-state index contributed by atoms with van der Waals surface area (Å²) < 4.78 is 33.6. The molecule has 10 heteroatoms. The Balaban J connectivity index is 0.000000321. The van der Waals surface area contributed by atoms with Crippen LogP contribution in [0.15, 0.2) is 41.4 Å². The summed E-state index contributed by atoms with van der Waals surface area (Å²) in [6.07, 6.45) is -1.38. The van der Waals surface area contributed by atoms with Crippen molar-refractivity contribution in [1.29, 1.82) is 0 Å². The van der Waals surface area contributed by atoms with Gasteiger partial charge in [-0.3, -0.25) is 4.79 Å². The van der Waals surface area contributed by atoms with Crippen molar-refractivity contribution in [2.24, 2.45) is 0 Å². The van der Waals surface area contributed by atoms with E-state index >= 15 is 0 Å². The number of nitrogens with zero attached hydrogens (tertiary/aromatic N) is 3. The van der Waals surface area contributed by atoms with Crippen molar-refractivity contribution < 1.29 is 27.9 Å². The number of aryl methyl sites for hydroxylation is 1. The summed E-state index contributed by atoms with van der Waals surface area (Å²) in [5, 5.41) is 11.2. The molecular formula is C17H16F3N3O3S. The second kappa shape index (κ2) is 8.21. The van der Waals surface area contributed by atoms with E-state index in [4.69, 9.17) is 9.90 Å². The van der Waals surface area contributed by atoms with Crippen LogP contribution in [0.2, 0.25) is 0 Å². The number of amides is 1. The molecule has 0 bridgehead atoms. The quantitative estimate of drug-likeness (QED) is 0.730. The number of aromatic nitrogens is 2. The predicted octanol–water partition coefficient (Wildman–Crippen LogP) is 3.61. The minimum atomic E-state index is -5.08. The van der Waals surface area contributed by atoms with Crippen LogP contribution in [0, 0.1) is 6.92 Å². The van der Waals surface area contributed by atoms with Crippen LogP contribution in [-0.2, 0) is 11.3 Å². The largest absolute Gasteiger partial charge is 0.490 e. The summed E-state index contributed by atoms with van der Waals surface area (Å²) in [5.74, 6) is -2.81. The second-order valence-corrected chi connectivity index (χ2v) is 6.47. The molecule has 6 nitrogen and oxygen atoms in total. The Kier molecular flexibility index (Phi) is 6.21. The van der Waals surface area contributed by atoms with E-state index in [1.165, 1.54) is 0 Å². The number of thiophene rings is 1. The second-order valence-electron chi connectivity index (χ2n) is 5.69. The van der Waals surface area contributed by atoms with Gasteiger partial charge in [-0.25, -0.2) is 9.78 Å². The number of hydrogen-bond donors (Lipinski definition) is 1. The topological polar surface area (TPSA) is 74.9 Å². The molecule has 3 heterocycles. The maximum atomic E-state index is 12.4. The van der Waals surface area contributed by atoms with E-state index in [-0.39, 0.29) is 5.91 Å². The van der Waals surface area contributed by atoms with Gasteiger partial charge in [0.05, 0.1) is 0 Å². The minimum Gasteiger partial charge on any atom is -0.475 e. The Hall–Kier alpha value is -2.88. The average Bonchev–Trinajstić information content (AvgIpc) is 3.22. The molecule has 0 saturated carbocycles. The molecule has 0 spiro atoms. The number of alkyl halides is 3. The van der Waals surface area contributed by atoms with Gasteiger partial charge in [-0.15, -0.1) is 0 Å². The van der Waals surface area contributed by atoms with Gasteiger partial charge in [-0.2, -0.15) is 24.5 Å². The number of halogens is 3. The van der Waals surface area contributed by atoms with Gasteiger partial charge in [0.2, 0.25) is 0 Å². The van der Waals surface area contributed by atoms with Crippen LogP contribution in [0.3, 0.4) is 0 Å². The van der Waals surface area contributed by atoms with Crippen LogP contribution in [0.5, 0.6) is 0 Å². The highest BCUT2D eigenvalue weighted by Gasteiger charge is 2.38. The van der Waals surface area contributed by atoms with Crippen LogP contribution in [0.4, 0.5) is 13.2 Å². The first-order chi connectivity index (χ1) is 12.6. The highest BCUT2D eigenvalue weighted by atomic mass is 32.1. The molecule has 0 aromatic carbocycles. The monoisotopic (exact) mass is 399 g/mol. The van der Waals surface area contributed by atoms with Crippen molar-refractivity contribution in [2.75, 3.05) is 7.05 Å². The maximum absolute atomic E-state index is 12.4. The third-order valence-corrected chi connectivity index (χ3v) is 4.16. The molecule has 0 radical (unpaired) electrons. The molecule has 3 aromatic heterocycles. The van der Waals surface area contributed by atoms with Gasteiger partial charge >= 0.3 is 12.1 Å². The first-order valence-electron chi connectivity index (χ1n) is 7.60. The lowest BCUT2D eigenvalue weighted by atomic mass is 10.3. The van der Waals surface area contributed by atoms with Crippen molar-refractivity contribution in [3.63, 3.8) is 0 Å². The van der Waals surface area contributed by atoms with Gasteiger partial charge in [-0.1, -0.05) is 0 Å². The van der Waals surface area contributed by atoms with Gasteiger partial charge < -0.3 is 14.4 Å². The molecule has 0 aliphatic heterocycles. The van der Waals surface area contributed by atoms with E-state index < -0.39 is 12.1 Å². The van der Waals surface area contributed by atoms with Crippen LogP contribution >= 0.6 is 11.3 Å². The van der Waals surface area contributed by atoms with Crippen LogP contribution in [0.25, 0.3) is 5.65 Å². The summed E-state index contributed by atoms with van der Waals surface area (Å²) in [5.41, 5.74) is 3.56. The van der Waals surface area contributed by atoms with E-state index in [0.29, 0.717) is 12.2 Å². The molecular weight excluding hydrogens is 383 g/mol. The Morgan fingerprint density at radius 2 is 2.00 bits per heavy atom. The smallest absolute Gasteiger partial charge is 0.475 e. The number of carboxylic acid groups (broad SMARTS) is 1. The molecule has 0 atom stereocenters. The third kappa shape index (κ3) is 5.55. The number of imidazole rings is 1. The number of rotatable bonds is 3. The van der Waals surface area contributed by atoms with E-state index in [1.54, 1.807) is 29.5 Å². The standard InChI is InChI=1S/C15H15N3OS.C2HF3O2/c1-11-3-5-18-9-13(16-14(18)7-11)15(19)17(2)8-12-4-6-20-10-12;3-2(4,5)1(6)7/h3-7,9-10H,8H2,1-2H3;(H,6,7). The normalized spacial score (nSPS) is 11.0. The van der Waals surface area contributed by atoms with Crippen molar-refractivity contribution in [3.05, 3.63) is 58.2 Å². The predicted molar refractivity (Wildman–Crippen MR) is 93.7 cm³/mol. The lowest BCUT2D eigenvalue weighted by molar-refractivity contribution is -0.192. The fourth-order valence-electron chi connectivity index (χ4n) is 2.11. The van der Waals surface area contributed by atoms with E-state index in [9.17, 15) is 18.0 Å². The number of hydrogen-bond acceptors (Lipinski definition) is 4. The number of carboxylic acids is 1. The zero-order valence-corrected chi connectivity index (χ0v) is 15.2. The van der Waals surface area contributed by atoms with E-state index in [0.717, 1.165) is 16.8 Å². The molecule has 3 rings (SSSR count). The molecule has 0 fully saturated rings. The van der Waals surface area contributed by atoms with Gasteiger partial charge in [0, 0.05) is 26.0 Å². The highest BCUT2D eigenvalue weighted by molar-refractivity contribution is 7.07. The van der Waals surface area contributed by atoms with E-state index in [2.05, 4.69) is 10.4 Å². The number of carbonyl (C=O) groups excluding carboxylic acids is 1. The van der Waals surface area contributed by atoms with Gasteiger partial charge in [0.15, 0.2) is 0 Å². The lowest BCUT2D eigenvalue weighted by Gasteiger charge is -2.14. The Morgan fingerprint density at radius 1 is 1.33 bits per heavy atom. The summed E-state index contributed by atoms with van der Waals surface area (Å²) in [6, 6.07) is 6.00. The first-order valence-corrected chi connectivity index (χ1v) is 8.54. The Morgan fingerprint density at radius 3 is 2.56 bits per heavy atom. The van der Waals surface area contributed by atoms with Crippen molar-refractivity contribution in [1.82, 2.24) is 14.3 Å². The fourth-order valence-corrected chi connectivity index (χ4v) is 2.77. The van der Waals surface area contributed by atoms with Gasteiger partial charge in [0.1, 0.15) is 11.3 Å². The van der Waals surface area contributed by atoms with Crippen LogP contribution in [-0.4, -0.2) is 44.5 Å². The number of carbonyl (C=O) groups is 2. The molecule has 0 saturated heterocycles. The highest BCUT2D eigenvalue weighted by Crippen LogP contribution is 2.13. The number of aliphatic carboxylic acids is 1. The Labute approximate surface area is 156 Å². The lowest BCUT2D eigenvalue weighted by Crippen LogP contribution is -2.26. The zero-order chi connectivity index (χ0) is 20.2. The third-order valence-electron chi connectivity index (χ3n) is 3.42. The number of pyridine rings is 1. The molecule has 1 N–H and O–H groups in total. The van der Waals surface area contributed by atoms with Crippen molar-refractivity contribution in [3.8, 4) is 0 Å². The van der Waals surface area contributed by atoms with Crippen LogP contribution < -0.4 is 0 Å². The summed E-state index contributed by atoms with van der Waals surface area (Å²) in [7, 11) is 1.80. The molecule has 27 heavy (non-hydrogen) atoms. The van der Waals surface area contributed by atoms with Crippen molar-refractivity contribution >= 4 is 28.9 Å². The molecule has 0 unspecified atom stereocenters. The molecule has 0 aliphatic carbocycles. The molecule has 3 aromatic rings. The van der Waals surface area contributed by atoms with Crippen molar-refractivity contribution in [2.45, 2.75) is 19.6 Å². The Bertz CT molecular complexity index is 936. The molecule has 1 amide bonds. The average molecular weight is 399 g/mol. The summed E-state index contributed by atoms with van der Waals surface area (Å²) in [6.45, 7) is 2.62. The van der Waals surface area contributed by atoms with E-state index in [1.807, 2.05) is 41.1 Å². The summed E-state index contributed by atoms with van der Waals surface area (Å²) in [4.78, 5) is 27.4. The zero-order valence-electron chi connectivity index (χ0n) is 14.4. The number of fused-ring (bicyclic) bond motifs is 1. The SMILES string of the molecule is Cc1ccn2cc(C(=O)N(C)Cc3ccsc3)nc2c1.O=C(O)C(F)(F)F. The minimum absolute atomic E-state index is 0.0578. The first kappa shape index (κ1) is 20.4. The fraction of sp³-hybridized carbons (Fsp3) is 0.235. The maximum Gasteiger partial charge on any atom is 0.490 e. The molecule has 0 aliphatic rings.